The Balaban J connectivity index is 2.67. The van der Waals surface area contributed by atoms with E-state index >= 15 is 0 Å². The summed E-state index contributed by atoms with van der Waals surface area (Å²) >= 11 is 0. The van der Waals surface area contributed by atoms with Crippen molar-refractivity contribution in [3.63, 3.8) is 0 Å². The molecule has 1 unspecified atom stereocenters. The van der Waals surface area contributed by atoms with E-state index in [0.717, 1.165) is 55.6 Å². The number of nitrogens with two attached hydrogens (primary N) is 1. The molecule has 1 aliphatic heterocycles. The number of aliphatic imine (C=N–C) groups is 2. The molecule has 1 atom stereocenters. The third-order valence-corrected chi connectivity index (χ3v) is 5.29. The first-order valence-electron chi connectivity index (χ1n) is 11.9. The van der Waals surface area contributed by atoms with E-state index in [2.05, 4.69) is 47.2 Å². The van der Waals surface area contributed by atoms with E-state index < -0.39 is 0 Å². The van der Waals surface area contributed by atoms with E-state index in [9.17, 15) is 4.39 Å². The van der Waals surface area contributed by atoms with E-state index in [-0.39, 0.29) is 17.6 Å². The van der Waals surface area contributed by atoms with Crippen LogP contribution in [0, 0.1) is 0 Å². The molecule has 0 aromatic carbocycles. The zero-order valence-electron chi connectivity index (χ0n) is 21.0. The fourth-order valence-corrected chi connectivity index (χ4v) is 3.16. The molecule has 0 saturated heterocycles. The van der Waals surface area contributed by atoms with Crippen LogP contribution in [0.3, 0.4) is 0 Å². The Hall–Kier alpha value is -3.15. The van der Waals surface area contributed by atoms with Crippen molar-refractivity contribution in [2.24, 2.45) is 15.7 Å². The maximum Gasteiger partial charge on any atom is 0.116 e. The largest absolute Gasteiger partial charge is 0.496 e. The number of allylic oxidation sites excluding steroid dienone is 10. The maximum atomic E-state index is 13.2. The summed E-state index contributed by atoms with van der Waals surface area (Å²) < 4.78 is 19.1. The monoisotopic (exact) mass is 468 g/mol. The Morgan fingerprint density at radius 1 is 1.32 bits per heavy atom. The van der Waals surface area contributed by atoms with Gasteiger partial charge in [0.15, 0.2) is 0 Å². The molecule has 5 nitrogen and oxygen atoms in total. The summed E-state index contributed by atoms with van der Waals surface area (Å²) in [5.74, 6) is 0.623. The summed E-state index contributed by atoms with van der Waals surface area (Å²) in [7, 11) is 1.76. The molecular weight excluding hydrogens is 427 g/mol. The molecule has 1 heterocycles. The van der Waals surface area contributed by atoms with E-state index in [1.807, 2.05) is 36.9 Å². The van der Waals surface area contributed by atoms with Crippen molar-refractivity contribution in [2.45, 2.75) is 58.4 Å². The second kappa shape index (κ2) is 17.3. The smallest absolute Gasteiger partial charge is 0.116 e. The van der Waals surface area contributed by atoms with Crippen molar-refractivity contribution in [1.29, 1.82) is 0 Å². The van der Waals surface area contributed by atoms with Gasteiger partial charge in [-0.25, -0.2) is 4.39 Å². The number of halogens is 1. The topological polar surface area (TPSA) is 63.2 Å². The summed E-state index contributed by atoms with van der Waals surface area (Å²) in [6.07, 6.45) is 22.0. The van der Waals surface area contributed by atoms with Crippen LogP contribution in [0.2, 0.25) is 0 Å². The summed E-state index contributed by atoms with van der Waals surface area (Å²) in [5, 5.41) is 0. The summed E-state index contributed by atoms with van der Waals surface area (Å²) in [6.45, 7) is 12.5. The first kappa shape index (κ1) is 28.9. The van der Waals surface area contributed by atoms with Crippen molar-refractivity contribution in [3.05, 3.63) is 84.2 Å². The summed E-state index contributed by atoms with van der Waals surface area (Å²) in [6, 6.07) is 0.146. The lowest BCUT2D eigenvalue weighted by Crippen LogP contribution is -2.29. The molecule has 0 bridgehead atoms. The molecule has 0 aliphatic carbocycles. The van der Waals surface area contributed by atoms with Crippen LogP contribution in [0.5, 0.6) is 0 Å². The van der Waals surface area contributed by atoms with Gasteiger partial charge >= 0.3 is 0 Å². The van der Waals surface area contributed by atoms with Gasteiger partial charge in [0.05, 0.1) is 18.1 Å². The molecule has 1 rings (SSSR count). The average Bonchev–Trinajstić information content (AvgIpc) is 2.84. The first-order chi connectivity index (χ1) is 16.4. The van der Waals surface area contributed by atoms with Crippen LogP contribution >= 0.6 is 0 Å². The van der Waals surface area contributed by atoms with Gasteiger partial charge in [-0.3, -0.25) is 9.98 Å². The molecule has 0 radical (unpaired) electrons. The molecule has 34 heavy (non-hydrogen) atoms. The number of nitrogens with zero attached hydrogens (tertiary/aromatic N) is 3. The lowest BCUT2D eigenvalue weighted by molar-refractivity contribution is 0.178. The lowest BCUT2D eigenvalue weighted by atomic mass is 10.0. The number of hydrogen-bond acceptors (Lipinski definition) is 5. The molecule has 0 amide bonds. The van der Waals surface area contributed by atoms with Gasteiger partial charge < -0.3 is 15.4 Å². The minimum Gasteiger partial charge on any atom is -0.496 e. The SMILES string of the molecule is C=CC/C=C\C=C(/CC)OCC1CCN(/C=C(\C=NC)CCC(C=C)=CC/C(N)=C(\C)F)C=N1. The van der Waals surface area contributed by atoms with Crippen molar-refractivity contribution in [2.75, 3.05) is 20.2 Å². The van der Waals surface area contributed by atoms with Crippen molar-refractivity contribution >= 4 is 12.6 Å². The van der Waals surface area contributed by atoms with E-state index in [0.29, 0.717) is 13.0 Å². The van der Waals surface area contributed by atoms with Crippen LogP contribution in [0.15, 0.2) is 94.2 Å². The van der Waals surface area contributed by atoms with Crippen LogP contribution in [-0.4, -0.2) is 43.7 Å². The standard InChI is InChI=1S/C28H41FN4O/c1-6-9-10-11-12-27(8-3)34-21-26-17-18-33(22-32-26)20-25(19-31-5)14-13-24(7-2)15-16-28(30)23(4)29/h6-7,10-12,15,19-20,22,26H,1-2,8-9,13-14,16-18,21,30H2,3-5H3/b11-10-,24-15?,25-20-,27-12+,28-23-,31-19?. The van der Waals surface area contributed by atoms with Gasteiger partial charge in [-0.1, -0.05) is 49.5 Å². The third-order valence-electron chi connectivity index (χ3n) is 5.29. The third kappa shape index (κ3) is 12.2. The normalized spacial score (nSPS) is 18.5. The lowest BCUT2D eigenvalue weighted by Gasteiger charge is -2.25. The van der Waals surface area contributed by atoms with Gasteiger partial charge in [0, 0.05) is 44.5 Å². The Labute approximate surface area is 205 Å². The van der Waals surface area contributed by atoms with Gasteiger partial charge in [0.2, 0.25) is 0 Å². The first-order valence-corrected chi connectivity index (χ1v) is 11.9. The van der Waals surface area contributed by atoms with Gasteiger partial charge in [-0.2, -0.15) is 0 Å². The molecule has 1 aliphatic rings. The number of ether oxygens (including phenoxy) is 1. The second-order valence-electron chi connectivity index (χ2n) is 8.03. The Bertz CT molecular complexity index is 858. The highest BCUT2D eigenvalue weighted by Gasteiger charge is 2.14. The molecule has 0 spiro atoms. The van der Waals surface area contributed by atoms with E-state index in [1.165, 1.54) is 6.92 Å². The fourth-order valence-electron chi connectivity index (χ4n) is 3.16. The second-order valence-corrected chi connectivity index (χ2v) is 8.03. The van der Waals surface area contributed by atoms with Gasteiger partial charge in [-0.05, 0) is 44.3 Å². The van der Waals surface area contributed by atoms with Crippen LogP contribution < -0.4 is 5.73 Å². The Morgan fingerprint density at radius 3 is 2.68 bits per heavy atom. The molecule has 6 heteroatoms. The minimum atomic E-state index is -0.339. The van der Waals surface area contributed by atoms with E-state index in [4.69, 9.17) is 10.5 Å². The van der Waals surface area contributed by atoms with Gasteiger partial charge in [0.1, 0.15) is 12.4 Å². The molecule has 186 valence electrons. The van der Waals surface area contributed by atoms with Crippen LogP contribution in [0.1, 0.15) is 52.4 Å². The molecule has 0 saturated carbocycles. The fraction of sp³-hybridized carbons (Fsp3) is 0.429. The van der Waals surface area contributed by atoms with Crippen LogP contribution in [0.25, 0.3) is 0 Å². The van der Waals surface area contributed by atoms with Crippen molar-refractivity contribution in [1.82, 2.24) is 4.90 Å². The van der Waals surface area contributed by atoms with Crippen LogP contribution in [-0.2, 0) is 4.74 Å². The van der Waals surface area contributed by atoms with Gasteiger partial charge in [-0.15, -0.1) is 6.58 Å². The summed E-state index contributed by atoms with van der Waals surface area (Å²) in [4.78, 5) is 10.9. The highest BCUT2D eigenvalue weighted by atomic mass is 19.1. The van der Waals surface area contributed by atoms with Crippen molar-refractivity contribution in [3.8, 4) is 0 Å². The average molecular weight is 469 g/mol. The maximum absolute atomic E-state index is 13.2. The Kier molecular flexibility index (Phi) is 14.7. The molecular formula is C28H41FN4O. The predicted molar refractivity (Wildman–Crippen MR) is 145 cm³/mol. The van der Waals surface area contributed by atoms with Crippen LogP contribution in [0.4, 0.5) is 4.39 Å². The molecule has 0 aromatic rings. The quantitative estimate of drug-likeness (QED) is 0.128. The van der Waals surface area contributed by atoms with Gasteiger partial charge in [0.25, 0.3) is 0 Å². The zero-order chi connectivity index (χ0) is 25.2. The number of hydrogen-bond donors (Lipinski definition) is 1. The molecule has 2 N–H and O–H groups in total. The Morgan fingerprint density at radius 2 is 2.09 bits per heavy atom. The zero-order valence-corrected chi connectivity index (χ0v) is 21.0. The number of rotatable bonds is 15. The summed E-state index contributed by atoms with van der Waals surface area (Å²) in [5.41, 5.74) is 8.06. The molecule has 0 fully saturated rings. The van der Waals surface area contributed by atoms with Crippen molar-refractivity contribution < 1.29 is 9.13 Å². The predicted octanol–water partition coefficient (Wildman–Crippen LogP) is 6.56. The van der Waals surface area contributed by atoms with E-state index in [1.54, 1.807) is 13.1 Å². The minimum absolute atomic E-state index is 0.146. The highest BCUT2D eigenvalue weighted by Crippen LogP contribution is 2.17. The molecule has 0 aromatic heterocycles. The highest BCUT2D eigenvalue weighted by molar-refractivity contribution is 5.79.